The van der Waals surface area contributed by atoms with Crippen molar-refractivity contribution in [3.05, 3.63) is 29.3 Å². The Morgan fingerprint density at radius 3 is 2.50 bits per heavy atom. The molecular formula is C16H27ClN2O. The highest BCUT2D eigenvalue weighted by atomic mass is 35.5. The summed E-state index contributed by atoms with van der Waals surface area (Å²) in [7, 11) is 1.76. The van der Waals surface area contributed by atoms with Gasteiger partial charge in [0, 0.05) is 32.8 Å². The fraction of sp³-hybridized carbons (Fsp3) is 0.625. The number of hydrogen-bond acceptors (Lipinski definition) is 3. The molecule has 114 valence electrons. The third-order valence-corrected chi connectivity index (χ3v) is 3.96. The lowest BCUT2D eigenvalue weighted by Crippen LogP contribution is -2.40. The van der Waals surface area contributed by atoms with Crippen LogP contribution in [-0.2, 0) is 4.74 Å². The van der Waals surface area contributed by atoms with E-state index < -0.39 is 0 Å². The van der Waals surface area contributed by atoms with Crippen molar-refractivity contribution in [2.24, 2.45) is 0 Å². The molecule has 1 N–H and O–H groups in total. The molecule has 0 amide bonds. The van der Waals surface area contributed by atoms with Gasteiger partial charge in [-0.15, -0.1) is 0 Å². The smallest absolute Gasteiger partial charge is 0.0637 e. The van der Waals surface area contributed by atoms with Crippen LogP contribution < -0.4 is 5.32 Å². The van der Waals surface area contributed by atoms with Crippen LogP contribution in [0.5, 0.6) is 0 Å². The number of hydrogen-bond donors (Lipinski definition) is 1. The molecule has 20 heavy (non-hydrogen) atoms. The molecule has 0 aromatic heterocycles. The first-order valence-electron chi connectivity index (χ1n) is 7.44. The molecule has 4 heteroatoms. The second-order valence-corrected chi connectivity index (χ2v) is 5.31. The number of methoxy groups -OCH3 is 1. The minimum absolute atomic E-state index is 0.623. The van der Waals surface area contributed by atoms with E-state index in [-0.39, 0.29) is 0 Å². The molecule has 0 aliphatic carbocycles. The molecule has 0 heterocycles. The fourth-order valence-corrected chi connectivity index (χ4v) is 2.63. The lowest BCUT2D eigenvalue weighted by molar-refractivity contribution is 0.118. The first kappa shape index (κ1) is 17.3. The topological polar surface area (TPSA) is 24.5 Å². The number of anilines is 1. The van der Waals surface area contributed by atoms with Crippen molar-refractivity contribution in [1.29, 1.82) is 0 Å². The van der Waals surface area contributed by atoms with Crippen LogP contribution in [0.25, 0.3) is 0 Å². The van der Waals surface area contributed by atoms with Crippen molar-refractivity contribution in [3.8, 4) is 0 Å². The van der Waals surface area contributed by atoms with E-state index in [9.17, 15) is 0 Å². The summed E-state index contributed by atoms with van der Waals surface area (Å²) in [6.45, 7) is 8.14. The van der Waals surface area contributed by atoms with Gasteiger partial charge < -0.3 is 10.1 Å². The average molecular weight is 299 g/mol. The molecule has 0 aliphatic rings. The summed E-state index contributed by atoms with van der Waals surface area (Å²) in [6.07, 6.45) is 2.35. The van der Waals surface area contributed by atoms with E-state index in [4.69, 9.17) is 16.3 Å². The minimum atomic E-state index is 0.623. The Labute approximate surface area is 128 Å². The van der Waals surface area contributed by atoms with Crippen molar-refractivity contribution < 1.29 is 4.74 Å². The molecule has 0 fully saturated rings. The number of benzene rings is 1. The zero-order valence-electron chi connectivity index (χ0n) is 12.9. The SMILES string of the molecule is CCC(CC)N(CCNc1ccccc1Cl)CCOC. The molecular weight excluding hydrogens is 272 g/mol. The average Bonchev–Trinajstić information content (AvgIpc) is 2.47. The van der Waals surface area contributed by atoms with E-state index in [1.807, 2.05) is 24.3 Å². The summed E-state index contributed by atoms with van der Waals surface area (Å²) in [5.74, 6) is 0. The summed E-state index contributed by atoms with van der Waals surface area (Å²) in [5, 5.41) is 4.18. The van der Waals surface area contributed by atoms with Gasteiger partial charge in [-0.3, -0.25) is 4.90 Å². The Kier molecular flexibility index (Phi) is 8.67. The van der Waals surface area contributed by atoms with Crippen molar-refractivity contribution in [2.45, 2.75) is 32.7 Å². The van der Waals surface area contributed by atoms with Gasteiger partial charge in [0.2, 0.25) is 0 Å². The van der Waals surface area contributed by atoms with E-state index in [1.165, 1.54) is 12.8 Å². The van der Waals surface area contributed by atoms with Crippen LogP contribution in [0.15, 0.2) is 24.3 Å². The number of para-hydroxylation sites is 1. The Hall–Kier alpha value is -0.770. The van der Waals surface area contributed by atoms with Gasteiger partial charge in [0.15, 0.2) is 0 Å². The highest BCUT2D eigenvalue weighted by Crippen LogP contribution is 2.20. The van der Waals surface area contributed by atoms with E-state index in [2.05, 4.69) is 24.1 Å². The quantitative estimate of drug-likeness (QED) is 0.709. The van der Waals surface area contributed by atoms with Crippen LogP contribution in [-0.4, -0.2) is 44.3 Å². The molecule has 3 nitrogen and oxygen atoms in total. The van der Waals surface area contributed by atoms with Crippen molar-refractivity contribution in [3.63, 3.8) is 0 Å². The fourth-order valence-electron chi connectivity index (χ4n) is 2.43. The molecule has 1 aromatic rings. The first-order chi connectivity index (χ1) is 9.72. The number of nitrogens with zero attached hydrogens (tertiary/aromatic N) is 1. The summed E-state index contributed by atoms with van der Waals surface area (Å²) >= 11 is 6.14. The Morgan fingerprint density at radius 2 is 1.90 bits per heavy atom. The van der Waals surface area contributed by atoms with Gasteiger partial charge in [0.25, 0.3) is 0 Å². The molecule has 1 rings (SSSR count). The van der Waals surface area contributed by atoms with Crippen LogP contribution in [0.2, 0.25) is 5.02 Å². The Morgan fingerprint density at radius 1 is 1.20 bits per heavy atom. The van der Waals surface area contributed by atoms with Gasteiger partial charge in [-0.25, -0.2) is 0 Å². The molecule has 0 saturated carbocycles. The van der Waals surface area contributed by atoms with Gasteiger partial charge in [-0.2, -0.15) is 0 Å². The number of halogens is 1. The highest BCUT2D eigenvalue weighted by molar-refractivity contribution is 6.33. The van der Waals surface area contributed by atoms with Gasteiger partial charge in [-0.1, -0.05) is 37.6 Å². The van der Waals surface area contributed by atoms with Crippen molar-refractivity contribution in [2.75, 3.05) is 38.7 Å². The molecule has 0 bridgehead atoms. The molecule has 0 aliphatic heterocycles. The molecule has 1 aromatic carbocycles. The maximum absolute atomic E-state index is 6.14. The van der Waals surface area contributed by atoms with Crippen LogP contribution in [0.3, 0.4) is 0 Å². The number of ether oxygens (including phenoxy) is 1. The number of rotatable bonds is 10. The van der Waals surface area contributed by atoms with Gasteiger partial charge in [0.05, 0.1) is 17.3 Å². The zero-order valence-corrected chi connectivity index (χ0v) is 13.6. The Bertz CT molecular complexity index is 369. The van der Waals surface area contributed by atoms with Crippen LogP contribution in [0.1, 0.15) is 26.7 Å². The second-order valence-electron chi connectivity index (χ2n) is 4.91. The molecule has 0 unspecified atom stereocenters. The monoisotopic (exact) mass is 298 g/mol. The lowest BCUT2D eigenvalue weighted by Gasteiger charge is -2.30. The number of nitrogens with one attached hydrogen (secondary N) is 1. The standard InChI is InChI=1S/C16H27ClN2O/c1-4-14(5-2)19(12-13-20-3)11-10-18-16-9-7-6-8-15(16)17/h6-9,14,18H,4-5,10-13H2,1-3H3. The van der Waals surface area contributed by atoms with E-state index in [0.717, 1.165) is 37.0 Å². The predicted octanol–water partition coefficient (Wildman–Crippen LogP) is 3.89. The summed E-state index contributed by atoms with van der Waals surface area (Å²) in [6, 6.07) is 8.49. The lowest BCUT2D eigenvalue weighted by atomic mass is 10.1. The third-order valence-electron chi connectivity index (χ3n) is 3.63. The summed E-state index contributed by atoms with van der Waals surface area (Å²) < 4.78 is 5.21. The second kappa shape index (κ2) is 10.0. The first-order valence-corrected chi connectivity index (χ1v) is 7.82. The van der Waals surface area contributed by atoms with E-state index >= 15 is 0 Å². The maximum atomic E-state index is 6.14. The highest BCUT2D eigenvalue weighted by Gasteiger charge is 2.14. The Balaban J connectivity index is 2.47. The van der Waals surface area contributed by atoms with Crippen molar-refractivity contribution in [1.82, 2.24) is 4.90 Å². The summed E-state index contributed by atoms with van der Waals surface area (Å²) in [4.78, 5) is 2.49. The largest absolute Gasteiger partial charge is 0.383 e. The molecule has 0 saturated heterocycles. The van der Waals surface area contributed by atoms with Crippen LogP contribution >= 0.6 is 11.6 Å². The van der Waals surface area contributed by atoms with Crippen LogP contribution in [0.4, 0.5) is 5.69 Å². The molecule has 0 radical (unpaired) electrons. The third kappa shape index (κ3) is 5.70. The summed E-state index contributed by atoms with van der Waals surface area (Å²) in [5.41, 5.74) is 1.01. The molecule has 0 atom stereocenters. The predicted molar refractivity (Wildman–Crippen MR) is 87.8 cm³/mol. The normalized spacial score (nSPS) is 11.3. The minimum Gasteiger partial charge on any atom is -0.383 e. The van der Waals surface area contributed by atoms with Gasteiger partial charge >= 0.3 is 0 Å². The van der Waals surface area contributed by atoms with E-state index in [0.29, 0.717) is 6.04 Å². The van der Waals surface area contributed by atoms with E-state index in [1.54, 1.807) is 7.11 Å². The van der Waals surface area contributed by atoms with Crippen LogP contribution in [0, 0.1) is 0 Å². The van der Waals surface area contributed by atoms with Gasteiger partial charge in [-0.05, 0) is 25.0 Å². The zero-order chi connectivity index (χ0) is 14.8. The molecule has 0 spiro atoms. The maximum Gasteiger partial charge on any atom is 0.0637 e. The van der Waals surface area contributed by atoms with Gasteiger partial charge in [0.1, 0.15) is 0 Å². The van der Waals surface area contributed by atoms with Crippen molar-refractivity contribution >= 4 is 17.3 Å².